The summed E-state index contributed by atoms with van der Waals surface area (Å²) < 4.78 is 27.0. The molecular weight excluding hydrogens is 318 g/mol. The van der Waals surface area contributed by atoms with Crippen LogP contribution in [0.25, 0.3) is 0 Å². The minimum Gasteiger partial charge on any atom is -0.354 e. The summed E-state index contributed by atoms with van der Waals surface area (Å²) in [6, 6.07) is 4.05. The molecule has 2 rings (SSSR count). The van der Waals surface area contributed by atoms with Gasteiger partial charge in [0.05, 0.1) is 11.9 Å². The highest BCUT2D eigenvalue weighted by atomic mass is 79.9. The molecule has 0 atom stereocenters. The molecule has 0 bridgehead atoms. The number of aromatic nitrogens is 2. The van der Waals surface area contributed by atoms with Crippen molar-refractivity contribution < 1.29 is 8.78 Å². The molecule has 1 heterocycles. The molecule has 0 amide bonds. The lowest BCUT2D eigenvalue weighted by Crippen LogP contribution is -2.06. The number of benzene rings is 1. The van der Waals surface area contributed by atoms with Crippen molar-refractivity contribution in [3.8, 4) is 0 Å². The number of rotatable bonds is 4. The number of hydrogen-bond acceptors (Lipinski definition) is 4. The van der Waals surface area contributed by atoms with Crippen LogP contribution in [0.3, 0.4) is 0 Å². The maximum Gasteiger partial charge on any atom is 0.224 e. The zero-order chi connectivity index (χ0) is 13.8. The van der Waals surface area contributed by atoms with Crippen LogP contribution >= 0.6 is 15.9 Å². The number of hydrogen-bond donors (Lipinski definition) is 2. The maximum absolute atomic E-state index is 13.6. The van der Waals surface area contributed by atoms with Gasteiger partial charge in [0.1, 0.15) is 5.82 Å². The van der Waals surface area contributed by atoms with Crippen molar-refractivity contribution in [2.75, 3.05) is 17.2 Å². The Kier molecular flexibility index (Phi) is 4.26. The smallest absolute Gasteiger partial charge is 0.224 e. The zero-order valence-electron chi connectivity index (χ0n) is 10.0. The molecule has 0 aliphatic rings. The first-order chi connectivity index (χ1) is 9.10. The van der Waals surface area contributed by atoms with Gasteiger partial charge in [0.25, 0.3) is 0 Å². The van der Waals surface area contributed by atoms with Gasteiger partial charge in [-0.2, -0.15) is 4.98 Å². The van der Waals surface area contributed by atoms with E-state index in [0.29, 0.717) is 22.7 Å². The molecule has 7 heteroatoms. The zero-order valence-corrected chi connectivity index (χ0v) is 11.6. The molecule has 1 aromatic carbocycles. The number of halogens is 3. The molecule has 0 aliphatic heterocycles. The fourth-order valence-electron chi connectivity index (χ4n) is 1.42. The van der Waals surface area contributed by atoms with Crippen LogP contribution in [0.5, 0.6) is 0 Å². The van der Waals surface area contributed by atoms with Crippen LogP contribution in [0, 0.1) is 11.6 Å². The lowest BCUT2D eigenvalue weighted by atomic mass is 10.3. The molecule has 4 nitrogen and oxygen atoms in total. The third-order valence-corrected chi connectivity index (χ3v) is 2.92. The van der Waals surface area contributed by atoms with Crippen molar-refractivity contribution in [1.82, 2.24) is 9.97 Å². The third-order valence-electron chi connectivity index (χ3n) is 2.26. The SMILES string of the molecule is CCNc1ncc(F)c(Nc2ccc(F)cc2Br)n1. The van der Waals surface area contributed by atoms with Gasteiger partial charge in [-0.25, -0.2) is 13.8 Å². The molecule has 0 fully saturated rings. The summed E-state index contributed by atoms with van der Waals surface area (Å²) in [7, 11) is 0. The van der Waals surface area contributed by atoms with E-state index in [2.05, 4.69) is 36.5 Å². The second kappa shape index (κ2) is 5.92. The van der Waals surface area contributed by atoms with Crippen molar-refractivity contribution in [1.29, 1.82) is 0 Å². The van der Waals surface area contributed by atoms with Gasteiger partial charge in [0.2, 0.25) is 5.95 Å². The standard InChI is InChI=1S/C12H11BrF2N4/c1-2-16-12-17-6-9(15)11(19-12)18-10-4-3-7(14)5-8(10)13/h3-6H,2H2,1H3,(H2,16,17,18,19). The Bertz CT molecular complexity index is 592. The Morgan fingerprint density at radius 1 is 1.32 bits per heavy atom. The Labute approximate surface area is 117 Å². The first kappa shape index (κ1) is 13.7. The monoisotopic (exact) mass is 328 g/mol. The predicted molar refractivity (Wildman–Crippen MR) is 73.5 cm³/mol. The Balaban J connectivity index is 2.29. The van der Waals surface area contributed by atoms with E-state index >= 15 is 0 Å². The summed E-state index contributed by atoms with van der Waals surface area (Å²) in [6.45, 7) is 2.52. The quantitative estimate of drug-likeness (QED) is 0.898. The second-order valence-corrected chi connectivity index (χ2v) is 4.52. The minimum atomic E-state index is -0.585. The van der Waals surface area contributed by atoms with E-state index in [0.717, 1.165) is 6.20 Å². The summed E-state index contributed by atoms with van der Waals surface area (Å²) >= 11 is 3.19. The molecule has 1 aromatic heterocycles. The topological polar surface area (TPSA) is 49.8 Å². The van der Waals surface area contributed by atoms with Crippen LogP contribution < -0.4 is 10.6 Å². The van der Waals surface area contributed by atoms with Crippen molar-refractivity contribution in [3.63, 3.8) is 0 Å². The molecule has 2 N–H and O–H groups in total. The maximum atomic E-state index is 13.6. The molecule has 100 valence electrons. The Hall–Kier alpha value is -1.76. The average Bonchev–Trinajstić information content (AvgIpc) is 2.37. The Morgan fingerprint density at radius 3 is 2.79 bits per heavy atom. The summed E-state index contributed by atoms with van der Waals surface area (Å²) in [5.41, 5.74) is 0.515. The minimum absolute atomic E-state index is 0.0262. The van der Waals surface area contributed by atoms with Crippen LogP contribution in [-0.2, 0) is 0 Å². The molecule has 0 saturated carbocycles. The third kappa shape index (κ3) is 3.37. The summed E-state index contributed by atoms with van der Waals surface area (Å²) in [6.07, 6.45) is 1.07. The van der Waals surface area contributed by atoms with Gasteiger partial charge in [-0.1, -0.05) is 0 Å². The molecular formula is C12H11BrF2N4. The number of nitrogens with zero attached hydrogens (tertiary/aromatic N) is 2. The lowest BCUT2D eigenvalue weighted by Gasteiger charge is -2.10. The number of anilines is 3. The summed E-state index contributed by atoms with van der Waals surface area (Å²) in [4.78, 5) is 7.80. The van der Waals surface area contributed by atoms with Gasteiger partial charge in [-0.05, 0) is 41.1 Å². The fourth-order valence-corrected chi connectivity index (χ4v) is 1.87. The van der Waals surface area contributed by atoms with E-state index in [4.69, 9.17) is 0 Å². The van der Waals surface area contributed by atoms with Crippen LogP contribution in [0.15, 0.2) is 28.9 Å². The predicted octanol–water partition coefficient (Wildman–Crippen LogP) is 3.69. The first-order valence-electron chi connectivity index (χ1n) is 5.58. The van der Waals surface area contributed by atoms with E-state index in [-0.39, 0.29) is 11.6 Å². The van der Waals surface area contributed by atoms with E-state index in [1.807, 2.05) is 6.92 Å². The molecule has 0 spiro atoms. The van der Waals surface area contributed by atoms with E-state index < -0.39 is 5.82 Å². The fraction of sp³-hybridized carbons (Fsp3) is 0.167. The highest BCUT2D eigenvalue weighted by Crippen LogP contribution is 2.27. The van der Waals surface area contributed by atoms with Crippen molar-refractivity contribution in [2.24, 2.45) is 0 Å². The van der Waals surface area contributed by atoms with Gasteiger partial charge >= 0.3 is 0 Å². The van der Waals surface area contributed by atoms with Crippen LogP contribution in [0.4, 0.5) is 26.2 Å². The summed E-state index contributed by atoms with van der Waals surface area (Å²) in [5.74, 6) is -0.616. The molecule has 0 saturated heterocycles. The lowest BCUT2D eigenvalue weighted by molar-refractivity contribution is 0.619. The van der Waals surface area contributed by atoms with Crippen molar-refractivity contribution in [2.45, 2.75) is 6.92 Å². The van der Waals surface area contributed by atoms with Crippen LogP contribution in [0.1, 0.15) is 6.92 Å². The van der Waals surface area contributed by atoms with Crippen molar-refractivity contribution in [3.05, 3.63) is 40.5 Å². The van der Waals surface area contributed by atoms with Gasteiger partial charge in [0, 0.05) is 11.0 Å². The average molecular weight is 329 g/mol. The second-order valence-electron chi connectivity index (χ2n) is 3.67. The Morgan fingerprint density at radius 2 is 2.11 bits per heavy atom. The molecule has 2 aromatic rings. The molecule has 19 heavy (non-hydrogen) atoms. The normalized spacial score (nSPS) is 10.3. The first-order valence-corrected chi connectivity index (χ1v) is 6.38. The van der Waals surface area contributed by atoms with Gasteiger partial charge in [-0.15, -0.1) is 0 Å². The summed E-state index contributed by atoms with van der Waals surface area (Å²) in [5, 5.41) is 5.67. The molecule has 0 radical (unpaired) electrons. The van der Waals surface area contributed by atoms with Gasteiger partial charge in [0.15, 0.2) is 11.6 Å². The molecule has 0 unspecified atom stereocenters. The van der Waals surface area contributed by atoms with Gasteiger partial charge < -0.3 is 10.6 Å². The highest BCUT2D eigenvalue weighted by molar-refractivity contribution is 9.10. The van der Waals surface area contributed by atoms with E-state index in [9.17, 15) is 8.78 Å². The van der Waals surface area contributed by atoms with Crippen molar-refractivity contribution >= 4 is 33.4 Å². The molecule has 0 aliphatic carbocycles. The van der Waals surface area contributed by atoms with Gasteiger partial charge in [-0.3, -0.25) is 0 Å². The largest absolute Gasteiger partial charge is 0.354 e. The highest BCUT2D eigenvalue weighted by Gasteiger charge is 2.09. The number of nitrogens with one attached hydrogen (secondary N) is 2. The van der Waals surface area contributed by atoms with E-state index in [1.165, 1.54) is 18.2 Å². The van der Waals surface area contributed by atoms with E-state index in [1.54, 1.807) is 0 Å². The van der Waals surface area contributed by atoms with Crippen LogP contribution in [-0.4, -0.2) is 16.5 Å². The van der Waals surface area contributed by atoms with Crippen LogP contribution in [0.2, 0.25) is 0 Å².